The molecule has 0 bridgehead atoms. The van der Waals surface area contributed by atoms with Crippen molar-refractivity contribution in [3.05, 3.63) is 71.0 Å². The molecule has 6 heteroatoms. The molecule has 0 atom stereocenters. The van der Waals surface area contributed by atoms with Gasteiger partial charge >= 0.3 is 0 Å². The first-order valence-corrected chi connectivity index (χ1v) is 11.6. The minimum absolute atomic E-state index is 0.0331. The summed E-state index contributed by atoms with van der Waals surface area (Å²) in [6.45, 7) is 1.44. The van der Waals surface area contributed by atoms with Gasteiger partial charge in [0, 0.05) is 44.2 Å². The molecule has 1 saturated carbocycles. The van der Waals surface area contributed by atoms with Crippen molar-refractivity contribution in [2.24, 2.45) is 0 Å². The molecule has 0 spiro atoms. The maximum absolute atomic E-state index is 14.1. The second-order valence-electron chi connectivity index (χ2n) is 8.81. The van der Waals surface area contributed by atoms with Crippen LogP contribution in [-0.4, -0.2) is 47.7 Å². The van der Waals surface area contributed by atoms with Crippen molar-refractivity contribution in [1.82, 2.24) is 9.80 Å². The van der Waals surface area contributed by atoms with E-state index in [1.54, 1.807) is 9.80 Å². The van der Waals surface area contributed by atoms with Crippen LogP contribution in [0, 0.1) is 0 Å². The van der Waals surface area contributed by atoms with E-state index in [2.05, 4.69) is 0 Å². The highest BCUT2D eigenvalue weighted by atomic mass is 19.1. The van der Waals surface area contributed by atoms with Crippen LogP contribution < -0.4 is 0 Å². The topological polar surface area (TPSA) is 40.6 Å². The Hall–Kier alpha value is -2.76. The van der Waals surface area contributed by atoms with E-state index >= 15 is 0 Å². The molecule has 170 valence electrons. The zero-order valence-electron chi connectivity index (χ0n) is 18.4. The van der Waals surface area contributed by atoms with Gasteiger partial charge in [-0.3, -0.25) is 9.59 Å². The smallest absolute Gasteiger partial charge is 0.246 e. The Balaban J connectivity index is 1.30. The number of halogens is 2. The molecule has 1 heterocycles. The van der Waals surface area contributed by atoms with E-state index in [1.807, 2.05) is 24.3 Å². The van der Waals surface area contributed by atoms with E-state index in [1.165, 1.54) is 55.9 Å². The molecule has 2 aliphatic carbocycles. The van der Waals surface area contributed by atoms with E-state index in [0.29, 0.717) is 44.1 Å². The first kappa shape index (κ1) is 22.4. The molecule has 1 amide bonds. The maximum Gasteiger partial charge on any atom is 0.246 e. The molecule has 0 N–H and O–H groups in total. The van der Waals surface area contributed by atoms with Gasteiger partial charge in [-0.1, -0.05) is 43.5 Å². The lowest BCUT2D eigenvalue weighted by atomic mass is 9.84. The molecule has 1 aliphatic heterocycles. The number of hydrogen-bond donors (Lipinski definition) is 0. The third kappa shape index (κ3) is 5.17. The molecule has 1 aromatic rings. The summed E-state index contributed by atoms with van der Waals surface area (Å²) in [5.41, 5.74) is 1.89. The number of hydrogen-bond acceptors (Lipinski definition) is 3. The van der Waals surface area contributed by atoms with Crippen molar-refractivity contribution in [3.8, 4) is 0 Å². The number of piperazine rings is 1. The number of carbonyl (C=O) groups is 2. The highest BCUT2D eigenvalue weighted by Gasteiger charge is 2.27. The molecule has 1 aromatic carbocycles. The van der Waals surface area contributed by atoms with Crippen molar-refractivity contribution in [2.75, 3.05) is 26.2 Å². The normalized spacial score (nSPS) is 20.6. The third-order valence-corrected chi connectivity index (χ3v) is 6.73. The Labute approximate surface area is 188 Å². The van der Waals surface area contributed by atoms with Gasteiger partial charge in [0.25, 0.3) is 0 Å². The molecule has 0 unspecified atom stereocenters. The van der Waals surface area contributed by atoms with E-state index in [0.717, 1.165) is 0 Å². The summed E-state index contributed by atoms with van der Waals surface area (Å²) in [4.78, 5) is 28.3. The molecule has 1 saturated heterocycles. The van der Waals surface area contributed by atoms with Crippen molar-refractivity contribution in [3.63, 3.8) is 0 Å². The summed E-state index contributed by atoms with van der Waals surface area (Å²) >= 11 is 0. The van der Waals surface area contributed by atoms with Gasteiger partial charge in [-0.25, -0.2) is 8.78 Å². The van der Waals surface area contributed by atoms with Gasteiger partial charge in [0.2, 0.25) is 5.91 Å². The van der Waals surface area contributed by atoms with E-state index in [-0.39, 0.29) is 23.8 Å². The number of allylic oxidation sites excluding steroid dienone is 4. The number of benzene rings is 1. The average Bonchev–Trinajstić information content (AvgIpc) is 2.83. The first-order chi connectivity index (χ1) is 15.5. The van der Waals surface area contributed by atoms with Gasteiger partial charge in [-0.05, 0) is 42.9 Å². The molecule has 2 fully saturated rings. The molecule has 0 aromatic heterocycles. The number of nitrogens with zero attached hydrogens (tertiary/aromatic N) is 2. The Morgan fingerprint density at radius 3 is 2.25 bits per heavy atom. The Kier molecular flexibility index (Phi) is 7.18. The second-order valence-corrected chi connectivity index (χ2v) is 8.81. The molecule has 32 heavy (non-hydrogen) atoms. The highest BCUT2D eigenvalue weighted by molar-refractivity contribution is 6.07. The van der Waals surface area contributed by atoms with Crippen LogP contribution in [0.2, 0.25) is 0 Å². The van der Waals surface area contributed by atoms with E-state index < -0.39 is 11.7 Å². The Morgan fingerprint density at radius 2 is 1.59 bits per heavy atom. The highest BCUT2D eigenvalue weighted by Crippen LogP contribution is 2.33. The predicted molar refractivity (Wildman–Crippen MR) is 120 cm³/mol. The fourth-order valence-electron chi connectivity index (χ4n) is 4.85. The van der Waals surface area contributed by atoms with Crippen molar-refractivity contribution < 1.29 is 18.4 Å². The van der Waals surface area contributed by atoms with Crippen LogP contribution in [0.5, 0.6) is 0 Å². The molecule has 4 rings (SSSR count). The summed E-state index contributed by atoms with van der Waals surface area (Å²) in [7, 11) is 0. The quantitative estimate of drug-likeness (QED) is 0.452. The summed E-state index contributed by atoms with van der Waals surface area (Å²) in [6, 6.07) is 7.75. The third-order valence-electron chi connectivity index (χ3n) is 6.73. The van der Waals surface area contributed by atoms with Gasteiger partial charge < -0.3 is 9.80 Å². The van der Waals surface area contributed by atoms with Gasteiger partial charge in [0.05, 0.1) is 0 Å². The van der Waals surface area contributed by atoms with Crippen LogP contribution >= 0.6 is 0 Å². The summed E-state index contributed by atoms with van der Waals surface area (Å²) in [5.74, 6) is -0.816. The lowest BCUT2D eigenvalue weighted by molar-refractivity contribution is -0.127. The summed E-state index contributed by atoms with van der Waals surface area (Å²) < 4.78 is 28.1. The van der Waals surface area contributed by atoms with Crippen LogP contribution in [-0.2, 0) is 4.79 Å². The molecular weight excluding hydrogens is 410 g/mol. The molecular formula is C26H30F2N2O2. The number of carbonyl (C=O) groups excluding carboxylic acids is 2. The van der Waals surface area contributed by atoms with Gasteiger partial charge in [-0.15, -0.1) is 0 Å². The van der Waals surface area contributed by atoms with Crippen molar-refractivity contribution in [1.29, 1.82) is 0 Å². The number of ketones is 1. The maximum atomic E-state index is 14.1. The SMILES string of the molecule is O=C(/C=C/C(=O)N1CCN(C2=C(F)CCC=C2F)CC1)c1ccc(C2CCCCC2)cc1. The lowest BCUT2D eigenvalue weighted by Crippen LogP contribution is -2.48. The van der Waals surface area contributed by atoms with Crippen LogP contribution in [0.4, 0.5) is 8.78 Å². The minimum Gasteiger partial charge on any atom is -0.364 e. The summed E-state index contributed by atoms with van der Waals surface area (Å²) in [5, 5.41) is 0. The fraction of sp³-hybridized carbons (Fsp3) is 0.462. The van der Waals surface area contributed by atoms with Crippen molar-refractivity contribution >= 4 is 11.7 Å². The molecule has 3 aliphatic rings. The molecule has 0 radical (unpaired) electrons. The fourth-order valence-corrected chi connectivity index (χ4v) is 4.85. The summed E-state index contributed by atoms with van der Waals surface area (Å²) in [6.07, 6.45) is 10.9. The standard InChI is InChI=1S/C26H30F2N2O2/c27-22-7-4-8-23(28)26(22)30-17-15-29(16-18-30)25(32)14-13-24(31)21-11-9-20(10-12-21)19-5-2-1-3-6-19/h7,9-14,19H,1-6,8,15-18H2/b14-13+. The average molecular weight is 441 g/mol. The largest absolute Gasteiger partial charge is 0.364 e. The number of amides is 1. The van der Waals surface area contributed by atoms with E-state index in [9.17, 15) is 18.4 Å². The monoisotopic (exact) mass is 440 g/mol. The minimum atomic E-state index is -0.520. The van der Waals surface area contributed by atoms with Gasteiger partial charge in [-0.2, -0.15) is 0 Å². The first-order valence-electron chi connectivity index (χ1n) is 11.6. The Morgan fingerprint density at radius 1 is 0.906 bits per heavy atom. The predicted octanol–water partition coefficient (Wildman–Crippen LogP) is 5.45. The zero-order chi connectivity index (χ0) is 22.5. The number of rotatable bonds is 5. The lowest BCUT2D eigenvalue weighted by Gasteiger charge is -2.37. The van der Waals surface area contributed by atoms with Gasteiger partial charge in [0.1, 0.15) is 17.4 Å². The van der Waals surface area contributed by atoms with Crippen LogP contribution in [0.1, 0.15) is 66.8 Å². The molecule has 4 nitrogen and oxygen atoms in total. The zero-order valence-corrected chi connectivity index (χ0v) is 18.4. The van der Waals surface area contributed by atoms with E-state index in [4.69, 9.17) is 0 Å². The van der Waals surface area contributed by atoms with Crippen LogP contribution in [0.25, 0.3) is 0 Å². The van der Waals surface area contributed by atoms with Gasteiger partial charge in [0.15, 0.2) is 5.78 Å². The van der Waals surface area contributed by atoms with Crippen molar-refractivity contribution in [2.45, 2.75) is 50.9 Å². The van der Waals surface area contributed by atoms with Crippen LogP contribution in [0.15, 0.2) is 59.8 Å². The Bertz CT molecular complexity index is 935. The van der Waals surface area contributed by atoms with Crippen LogP contribution in [0.3, 0.4) is 0 Å². The second kappa shape index (κ2) is 10.2.